The molecule has 4 heteroatoms. The molecule has 0 radical (unpaired) electrons. The summed E-state index contributed by atoms with van der Waals surface area (Å²) in [5, 5.41) is 5.51. The number of fused-ring (bicyclic) bond motifs is 1. The molecular formula is C17H23N3O. The molecule has 0 atom stereocenters. The fourth-order valence-corrected chi connectivity index (χ4v) is 2.94. The fourth-order valence-electron chi connectivity index (χ4n) is 2.94. The first-order chi connectivity index (χ1) is 10.2. The van der Waals surface area contributed by atoms with E-state index in [1.165, 1.54) is 5.39 Å². The number of likely N-dealkylation sites (tertiary alicyclic amines) is 1. The SMILES string of the molecule is CNc1cccc2c(OC3CCN(C)CC3)nc(C)cc12. The van der Waals surface area contributed by atoms with E-state index in [2.05, 4.69) is 40.4 Å². The molecular weight excluding hydrogens is 262 g/mol. The summed E-state index contributed by atoms with van der Waals surface area (Å²) in [6.07, 6.45) is 2.41. The lowest BCUT2D eigenvalue weighted by molar-refractivity contribution is 0.111. The van der Waals surface area contributed by atoms with Crippen molar-refractivity contribution >= 4 is 16.5 Å². The van der Waals surface area contributed by atoms with Gasteiger partial charge < -0.3 is 15.0 Å². The highest BCUT2D eigenvalue weighted by Crippen LogP contribution is 2.31. The fraction of sp³-hybridized carbons (Fsp3) is 0.471. The van der Waals surface area contributed by atoms with Crippen molar-refractivity contribution in [1.82, 2.24) is 9.88 Å². The van der Waals surface area contributed by atoms with E-state index in [0.717, 1.165) is 48.6 Å². The van der Waals surface area contributed by atoms with Gasteiger partial charge in [-0.1, -0.05) is 6.07 Å². The van der Waals surface area contributed by atoms with Crippen LogP contribution in [0.2, 0.25) is 0 Å². The number of nitrogens with zero attached hydrogens (tertiary/aromatic N) is 2. The Morgan fingerprint density at radius 1 is 1.24 bits per heavy atom. The van der Waals surface area contributed by atoms with Gasteiger partial charge in [-0.15, -0.1) is 0 Å². The smallest absolute Gasteiger partial charge is 0.221 e. The molecule has 1 fully saturated rings. The van der Waals surface area contributed by atoms with Crippen molar-refractivity contribution in [3.63, 3.8) is 0 Å². The molecule has 2 aromatic rings. The molecule has 2 heterocycles. The van der Waals surface area contributed by atoms with Gasteiger partial charge in [0, 0.05) is 42.3 Å². The number of pyridine rings is 1. The molecule has 3 rings (SSSR count). The van der Waals surface area contributed by atoms with Gasteiger partial charge in [0.25, 0.3) is 0 Å². The quantitative estimate of drug-likeness (QED) is 0.940. The van der Waals surface area contributed by atoms with E-state index < -0.39 is 0 Å². The van der Waals surface area contributed by atoms with Crippen LogP contribution in [-0.4, -0.2) is 43.2 Å². The van der Waals surface area contributed by atoms with E-state index >= 15 is 0 Å². The third kappa shape index (κ3) is 2.95. The van der Waals surface area contributed by atoms with E-state index in [0.29, 0.717) is 0 Å². The Bertz CT molecular complexity index is 633. The first kappa shape index (κ1) is 14.1. The maximum absolute atomic E-state index is 6.23. The molecule has 0 bridgehead atoms. The molecule has 21 heavy (non-hydrogen) atoms. The predicted octanol–water partition coefficient (Wildman–Crippen LogP) is 3.06. The number of hydrogen-bond acceptors (Lipinski definition) is 4. The Balaban J connectivity index is 1.94. The summed E-state index contributed by atoms with van der Waals surface area (Å²) >= 11 is 0. The maximum atomic E-state index is 6.23. The zero-order chi connectivity index (χ0) is 14.8. The van der Waals surface area contributed by atoms with Crippen LogP contribution in [0.4, 0.5) is 5.69 Å². The van der Waals surface area contributed by atoms with Crippen LogP contribution in [0.1, 0.15) is 18.5 Å². The standard InChI is InChI=1S/C17H23N3O/c1-12-11-15-14(5-4-6-16(15)18-2)17(19-12)21-13-7-9-20(3)10-8-13/h4-6,11,13,18H,7-10H2,1-3H3. The van der Waals surface area contributed by atoms with Gasteiger partial charge in [-0.05, 0) is 45.0 Å². The number of benzene rings is 1. The monoisotopic (exact) mass is 285 g/mol. The van der Waals surface area contributed by atoms with Crippen molar-refractivity contribution in [2.45, 2.75) is 25.9 Å². The van der Waals surface area contributed by atoms with E-state index in [4.69, 9.17) is 4.74 Å². The number of nitrogens with one attached hydrogen (secondary N) is 1. The lowest BCUT2D eigenvalue weighted by atomic mass is 10.1. The van der Waals surface area contributed by atoms with Crippen molar-refractivity contribution in [2.24, 2.45) is 0 Å². The van der Waals surface area contributed by atoms with Crippen LogP contribution < -0.4 is 10.1 Å². The van der Waals surface area contributed by atoms with E-state index in [-0.39, 0.29) is 6.10 Å². The van der Waals surface area contributed by atoms with Crippen molar-refractivity contribution in [1.29, 1.82) is 0 Å². The average Bonchev–Trinajstić information content (AvgIpc) is 2.49. The van der Waals surface area contributed by atoms with Crippen LogP contribution in [0.15, 0.2) is 24.3 Å². The number of anilines is 1. The first-order valence-electron chi connectivity index (χ1n) is 7.60. The first-order valence-corrected chi connectivity index (χ1v) is 7.60. The van der Waals surface area contributed by atoms with E-state index in [1.54, 1.807) is 0 Å². The van der Waals surface area contributed by atoms with Gasteiger partial charge >= 0.3 is 0 Å². The highest BCUT2D eigenvalue weighted by atomic mass is 16.5. The third-order valence-corrected chi connectivity index (χ3v) is 4.18. The summed E-state index contributed by atoms with van der Waals surface area (Å²) in [7, 11) is 4.11. The molecule has 4 nitrogen and oxygen atoms in total. The van der Waals surface area contributed by atoms with Gasteiger partial charge in [0.15, 0.2) is 0 Å². The number of hydrogen-bond donors (Lipinski definition) is 1. The van der Waals surface area contributed by atoms with Crippen LogP contribution in [0.25, 0.3) is 10.8 Å². The van der Waals surface area contributed by atoms with Crippen molar-refractivity contribution in [3.05, 3.63) is 30.0 Å². The number of rotatable bonds is 3. The summed E-state index contributed by atoms with van der Waals surface area (Å²) in [5.74, 6) is 0.775. The summed E-state index contributed by atoms with van der Waals surface area (Å²) in [6.45, 7) is 4.21. The predicted molar refractivity (Wildman–Crippen MR) is 87.2 cm³/mol. The molecule has 1 aliphatic rings. The number of aryl methyl sites for hydroxylation is 1. The van der Waals surface area contributed by atoms with E-state index in [9.17, 15) is 0 Å². The zero-order valence-corrected chi connectivity index (χ0v) is 13.0. The van der Waals surface area contributed by atoms with Crippen molar-refractivity contribution in [2.75, 3.05) is 32.5 Å². The zero-order valence-electron chi connectivity index (χ0n) is 13.0. The van der Waals surface area contributed by atoms with Gasteiger partial charge in [0.05, 0.1) is 0 Å². The Morgan fingerprint density at radius 2 is 2.00 bits per heavy atom. The van der Waals surface area contributed by atoms with Crippen molar-refractivity contribution < 1.29 is 4.74 Å². The van der Waals surface area contributed by atoms with Gasteiger partial charge in [0.2, 0.25) is 5.88 Å². The van der Waals surface area contributed by atoms with Crippen LogP contribution in [0.5, 0.6) is 5.88 Å². The summed E-state index contributed by atoms with van der Waals surface area (Å²) in [4.78, 5) is 6.97. The van der Waals surface area contributed by atoms with E-state index in [1.807, 2.05) is 20.0 Å². The normalized spacial score (nSPS) is 17.1. The molecule has 112 valence electrons. The minimum atomic E-state index is 0.275. The second-order valence-corrected chi connectivity index (χ2v) is 5.84. The highest BCUT2D eigenvalue weighted by Gasteiger charge is 2.20. The Kier molecular flexibility index (Phi) is 3.97. The molecule has 1 aliphatic heterocycles. The van der Waals surface area contributed by atoms with Crippen LogP contribution in [0.3, 0.4) is 0 Å². The summed E-state index contributed by atoms with van der Waals surface area (Å²) in [6, 6.07) is 8.34. The second-order valence-electron chi connectivity index (χ2n) is 5.84. The number of ether oxygens (including phenoxy) is 1. The van der Waals surface area contributed by atoms with Crippen molar-refractivity contribution in [3.8, 4) is 5.88 Å². The van der Waals surface area contributed by atoms with Gasteiger partial charge in [-0.3, -0.25) is 0 Å². The average molecular weight is 285 g/mol. The molecule has 0 spiro atoms. The lowest BCUT2D eigenvalue weighted by Crippen LogP contribution is -2.35. The van der Waals surface area contributed by atoms with Crippen LogP contribution in [-0.2, 0) is 0 Å². The highest BCUT2D eigenvalue weighted by molar-refractivity contribution is 5.96. The molecule has 1 aromatic carbocycles. The Labute approximate surface area is 126 Å². The molecule has 0 saturated carbocycles. The summed E-state index contributed by atoms with van der Waals surface area (Å²) < 4.78 is 6.23. The molecule has 0 amide bonds. The van der Waals surface area contributed by atoms with Crippen LogP contribution >= 0.6 is 0 Å². The number of aromatic nitrogens is 1. The molecule has 1 aromatic heterocycles. The molecule has 1 N–H and O–H groups in total. The minimum absolute atomic E-state index is 0.275. The molecule has 0 aliphatic carbocycles. The molecule has 0 unspecified atom stereocenters. The van der Waals surface area contributed by atoms with Gasteiger partial charge in [-0.2, -0.15) is 0 Å². The maximum Gasteiger partial charge on any atom is 0.221 e. The molecule has 1 saturated heterocycles. The van der Waals surface area contributed by atoms with Crippen LogP contribution in [0, 0.1) is 6.92 Å². The second kappa shape index (κ2) is 5.90. The number of piperidine rings is 1. The minimum Gasteiger partial charge on any atom is -0.474 e. The largest absolute Gasteiger partial charge is 0.474 e. The van der Waals surface area contributed by atoms with Gasteiger partial charge in [-0.25, -0.2) is 4.98 Å². The Morgan fingerprint density at radius 3 is 2.71 bits per heavy atom. The summed E-state index contributed by atoms with van der Waals surface area (Å²) in [5.41, 5.74) is 2.11. The third-order valence-electron chi connectivity index (χ3n) is 4.18. The van der Waals surface area contributed by atoms with Gasteiger partial charge in [0.1, 0.15) is 6.10 Å². The lowest BCUT2D eigenvalue weighted by Gasteiger charge is -2.29. The Hall–Kier alpha value is -1.81. The topological polar surface area (TPSA) is 37.4 Å².